The lowest BCUT2D eigenvalue weighted by atomic mass is 10.1. The lowest BCUT2D eigenvalue weighted by Crippen LogP contribution is -2.45. The first-order valence-electron chi connectivity index (χ1n) is 11.2. The van der Waals surface area contributed by atoms with Gasteiger partial charge in [0.25, 0.3) is 0 Å². The molecule has 3 aromatic carbocycles. The third-order valence-electron chi connectivity index (χ3n) is 5.46. The predicted molar refractivity (Wildman–Crippen MR) is 141 cm³/mol. The smallest absolute Gasteiger partial charge is 0.238 e. The van der Waals surface area contributed by atoms with E-state index >= 15 is 0 Å². The fourth-order valence-electron chi connectivity index (χ4n) is 3.72. The Labute approximate surface area is 209 Å². The van der Waals surface area contributed by atoms with Gasteiger partial charge in [-0.2, -0.15) is 0 Å². The summed E-state index contributed by atoms with van der Waals surface area (Å²) in [6.45, 7) is 2.51. The van der Waals surface area contributed by atoms with Crippen molar-refractivity contribution < 1.29 is 9.59 Å². The average molecular weight is 492 g/mol. The highest BCUT2D eigenvalue weighted by atomic mass is 35.5. The van der Waals surface area contributed by atoms with Gasteiger partial charge in [0, 0.05) is 23.7 Å². The number of amides is 2. The second-order valence-corrected chi connectivity index (χ2v) is 9.78. The van der Waals surface area contributed by atoms with Crippen molar-refractivity contribution in [1.82, 2.24) is 4.90 Å². The molecule has 0 aliphatic carbocycles. The number of carbonyl (C=O) groups is 2. The van der Waals surface area contributed by atoms with Crippen molar-refractivity contribution in [3.05, 3.63) is 95.0 Å². The van der Waals surface area contributed by atoms with Gasteiger partial charge in [0.15, 0.2) is 5.17 Å². The van der Waals surface area contributed by atoms with Gasteiger partial charge in [-0.15, -0.1) is 0 Å². The first kappa shape index (κ1) is 24.0. The topological polar surface area (TPSA) is 61.8 Å². The zero-order chi connectivity index (χ0) is 23.9. The van der Waals surface area contributed by atoms with Gasteiger partial charge in [-0.25, -0.2) is 4.99 Å². The van der Waals surface area contributed by atoms with Crippen molar-refractivity contribution in [2.75, 3.05) is 11.9 Å². The van der Waals surface area contributed by atoms with Gasteiger partial charge in [-0.05, 0) is 67.3 Å². The summed E-state index contributed by atoms with van der Waals surface area (Å²) < 4.78 is 0. The number of aryl methyl sites for hydroxylation is 2. The maximum absolute atomic E-state index is 13.1. The molecule has 1 heterocycles. The van der Waals surface area contributed by atoms with Gasteiger partial charge in [0.05, 0.1) is 5.69 Å². The van der Waals surface area contributed by atoms with Crippen LogP contribution in [0.5, 0.6) is 0 Å². The molecule has 1 aliphatic heterocycles. The summed E-state index contributed by atoms with van der Waals surface area (Å²) >= 11 is 7.34. The number of benzene rings is 3. The fourth-order valence-corrected chi connectivity index (χ4v) is 4.97. The van der Waals surface area contributed by atoms with Crippen LogP contribution in [0.2, 0.25) is 5.02 Å². The van der Waals surface area contributed by atoms with E-state index in [2.05, 4.69) is 17.4 Å². The molecule has 1 atom stereocenters. The summed E-state index contributed by atoms with van der Waals surface area (Å²) in [5.74, 6) is -0.291. The Hall–Kier alpha value is -3.09. The Morgan fingerprint density at radius 1 is 1.09 bits per heavy atom. The van der Waals surface area contributed by atoms with E-state index in [1.165, 1.54) is 17.3 Å². The van der Waals surface area contributed by atoms with Gasteiger partial charge >= 0.3 is 0 Å². The van der Waals surface area contributed by atoms with Crippen LogP contribution in [0, 0.1) is 6.92 Å². The molecule has 3 aromatic rings. The number of halogens is 1. The van der Waals surface area contributed by atoms with Crippen molar-refractivity contribution in [3.63, 3.8) is 0 Å². The van der Waals surface area contributed by atoms with Crippen LogP contribution in [0.1, 0.15) is 24.0 Å². The first-order chi connectivity index (χ1) is 16.5. The van der Waals surface area contributed by atoms with Gasteiger partial charge in [-0.3, -0.25) is 14.5 Å². The maximum atomic E-state index is 13.1. The molecule has 34 heavy (non-hydrogen) atoms. The van der Waals surface area contributed by atoms with Crippen LogP contribution < -0.4 is 5.32 Å². The van der Waals surface area contributed by atoms with Crippen LogP contribution in [0.4, 0.5) is 11.4 Å². The second kappa shape index (κ2) is 11.4. The molecule has 0 saturated carbocycles. The van der Waals surface area contributed by atoms with E-state index in [4.69, 9.17) is 16.6 Å². The minimum absolute atomic E-state index is 0.0936. The third-order valence-corrected chi connectivity index (χ3v) is 6.90. The zero-order valence-corrected chi connectivity index (χ0v) is 20.5. The standard InChI is InChI=1S/C27H26ClN3O2S/c1-19-7-5-11-23(17-19)29-26(33)24-18-25(32)31(16-6-10-20-8-3-2-4-9-20)27(34-24)30-22-14-12-21(28)13-15-22/h2-5,7-9,11-15,17,24H,6,10,16,18H2,1H3,(H,29,33). The molecule has 0 radical (unpaired) electrons. The number of nitrogens with zero attached hydrogens (tertiary/aromatic N) is 2. The van der Waals surface area contributed by atoms with Crippen molar-refractivity contribution in [1.29, 1.82) is 0 Å². The minimum atomic E-state index is -0.551. The second-order valence-electron chi connectivity index (χ2n) is 8.17. The number of hydrogen-bond donors (Lipinski definition) is 1. The Morgan fingerprint density at radius 2 is 1.85 bits per heavy atom. The number of aliphatic imine (C=N–C) groups is 1. The quantitative estimate of drug-likeness (QED) is 0.425. The van der Waals surface area contributed by atoms with Crippen LogP contribution in [-0.4, -0.2) is 33.7 Å². The van der Waals surface area contributed by atoms with E-state index in [9.17, 15) is 9.59 Å². The molecule has 0 spiro atoms. The van der Waals surface area contributed by atoms with Crippen LogP contribution in [-0.2, 0) is 16.0 Å². The molecule has 0 aromatic heterocycles. The number of anilines is 1. The number of hydrogen-bond acceptors (Lipinski definition) is 4. The van der Waals surface area contributed by atoms with Gasteiger partial charge in [0.2, 0.25) is 11.8 Å². The van der Waals surface area contributed by atoms with Crippen molar-refractivity contribution in [2.24, 2.45) is 4.99 Å². The van der Waals surface area contributed by atoms with Gasteiger partial charge in [0.1, 0.15) is 5.25 Å². The van der Waals surface area contributed by atoms with Crippen LogP contribution in [0.25, 0.3) is 0 Å². The van der Waals surface area contributed by atoms with E-state index in [1.54, 1.807) is 29.2 Å². The lowest BCUT2D eigenvalue weighted by molar-refractivity contribution is -0.129. The molecule has 1 fully saturated rings. The Bertz CT molecular complexity index is 1180. The number of thioether (sulfide) groups is 1. The largest absolute Gasteiger partial charge is 0.325 e. The number of carbonyl (C=O) groups excluding carboxylic acids is 2. The zero-order valence-electron chi connectivity index (χ0n) is 18.9. The lowest BCUT2D eigenvalue weighted by Gasteiger charge is -2.32. The molecule has 1 unspecified atom stereocenters. The normalized spacial score (nSPS) is 17.1. The summed E-state index contributed by atoms with van der Waals surface area (Å²) in [4.78, 5) is 32.6. The first-order valence-corrected chi connectivity index (χ1v) is 12.5. The summed E-state index contributed by atoms with van der Waals surface area (Å²) in [6, 6.07) is 24.9. The van der Waals surface area contributed by atoms with E-state index < -0.39 is 5.25 Å². The highest BCUT2D eigenvalue weighted by Gasteiger charge is 2.35. The van der Waals surface area contributed by atoms with Crippen LogP contribution in [0.3, 0.4) is 0 Å². The molecule has 0 bridgehead atoms. The molecule has 7 heteroatoms. The van der Waals surface area contributed by atoms with Crippen molar-refractivity contribution in [3.8, 4) is 0 Å². The van der Waals surface area contributed by atoms with Crippen molar-refractivity contribution in [2.45, 2.75) is 31.4 Å². The molecule has 1 N–H and O–H groups in total. The highest BCUT2D eigenvalue weighted by molar-refractivity contribution is 8.15. The monoisotopic (exact) mass is 491 g/mol. The summed E-state index contributed by atoms with van der Waals surface area (Å²) in [7, 11) is 0. The van der Waals surface area contributed by atoms with Gasteiger partial charge < -0.3 is 5.32 Å². The van der Waals surface area contributed by atoms with E-state index in [0.717, 1.165) is 24.1 Å². The summed E-state index contributed by atoms with van der Waals surface area (Å²) in [5, 5.41) is 3.55. The Morgan fingerprint density at radius 3 is 2.59 bits per heavy atom. The molecule has 2 amide bonds. The average Bonchev–Trinajstić information content (AvgIpc) is 2.82. The fraction of sp³-hybridized carbons (Fsp3) is 0.222. The summed E-state index contributed by atoms with van der Waals surface area (Å²) in [6.07, 6.45) is 1.80. The van der Waals surface area contributed by atoms with E-state index in [0.29, 0.717) is 22.4 Å². The number of nitrogens with one attached hydrogen (secondary N) is 1. The number of rotatable bonds is 7. The van der Waals surface area contributed by atoms with Crippen LogP contribution >= 0.6 is 23.4 Å². The molecular weight excluding hydrogens is 466 g/mol. The molecule has 4 rings (SSSR count). The third kappa shape index (κ3) is 6.49. The molecular formula is C27H26ClN3O2S. The Balaban J connectivity index is 1.51. The number of amidine groups is 1. The van der Waals surface area contributed by atoms with E-state index in [-0.39, 0.29) is 18.2 Å². The highest BCUT2D eigenvalue weighted by Crippen LogP contribution is 2.30. The van der Waals surface area contributed by atoms with Crippen molar-refractivity contribution >= 4 is 51.7 Å². The van der Waals surface area contributed by atoms with Crippen LogP contribution in [0.15, 0.2) is 83.9 Å². The molecule has 1 aliphatic rings. The SMILES string of the molecule is Cc1cccc(NC(=O)C2CC(=O)N(CCCc3ccccc3)C(=Nc3ccc(Cl)cc3)S2)c1. The minimum Gasteiger partial charge on any atom is -0.325 e. The molecule has 174 valence electrons. The molecule has 5 nitrogen and oxygen atoms in total. The predicted octanol–water partition coefficient (Wildman–Crippen LogP) is 6.24. The maximum Gasteiger partial charge on any atom is 0.238 e. The Kier molecular flexibility index (Phi) is 8.03. The summed E-state index contributed by atoms with van der Waals surface area (Å²) in [5.41, 5.74) is 3.69. The molecule has 1 saturated heterocycles. The van der Waals surface area contributed by atoms with E-state index in [1.807, 2.05) is 49.4 Å². The van der Waals surface area contributed by atoms with Gasteiger partial charge in [-0.1, -0.05) is 65.8 Å².